The summed E-state index contributed by atoms with van der Waals surface area (Å²) >= 11 is 0. The summed E-state index contributed by atoms with van der Waals surface area (Å²) in [5.41, 5.74) is 11.2. The molecule has 47 heavy (non-hydrogen) atoms. The second kappa shape index (κ2) is 11.2. The van der Waals surface area contributed by atoms with Crippen LogP contribution in [-0.4, -0.2) is 9.97 Å². The van der Waals surface area contributed by atoms with Crippen LogP contribution in [0, 0.1) is 0 Å². The maximum atomic E-state index is 6.64. The molecule has 0 aliphatic rings. The first-order valence-electron chi connectivity index (χ1n) is 15.8. The minimum atomic E-state index is 0.707. The van der Waals surface area contributed by atoms with Crippen molar-refractivity contribution in [1.82, 2.24) is 9.97 Å². The number of nitrogens with zero attached hydrogens (tertiary/aromatic N) is 2. The molecule has 3 heteroatoms. The summed E-state index contributed by atoms with van der Waals surface area (Å²) in [6.07, 6.45) is 0. The lowest BCUT2D eigenvalue weighted by Crippen LogP contribution is -1.96. The largest absolute Gasteiger partial charge is 0.455 e. The van der Waals surface area contributed by atoms with E-state index in [9.17, 15) is 0 Å². The fourth-order valence-electron chi connectivity index (χ4n) is 6.56. The topological polar surface area (TPSA) is 38.9 Å². The van der Waals surface area contributed by atoms with Crippen molar-refractivity contribution in [2.24, 2.45) is 0 Å². The van der Waals surface area contributed by atoms with E-state index in [1.807, 2.05) is 36.4 Å². The van der Waals surface area contributed by atoms with Gasteiger partial charge in [-0.3, -0.25) is 0 Å². The summed E-state index contributed by atoms with van der Waals surface area (Å²) in [4.78, 5) is 10.0. The van der Waals surface area contributed by atoms with Crippen molar-refractivity contribution >= 4 is 32.7 Å². The van der Waals surface area contributed by atoms with Crippen LogP contribution in [-0.2, 0) is 0 Å². The molecule has 0 aliphatic heterocycles. The van der Waals surface area contributed by atoms with E-state index in [4.69, 9.17) is 14.4 Å². The molecule has 0 unspecified atom stereocenters. The number of hydrogen-bond donors (Lipinski definition) is 0. The molecule has 2 heterocycles. The van der Waals surface area contributed by atoms with Gasteiger partial charge in [0.1, 0.15) is 11.2 Å². The van der Waals surface area contributed by atoms with E-state index in [1.54, 1.807) is 0 Å². The van der Waals surface area contributed by atoms with Gasteiger partial charge < -0.3 is 4.42 Å². The third kappa shape index (κ3) is 4.86. The number of rotatable bonds is 5. The van der Waals surface area contributed by atoms with Gasteiger partial charge in [0.15, 0.2) is 5.82 Å². The van der Waals surface area contributed by atoms with Gasteiger partial charge in [-0.05, 0) is 58.0 Å². The van der Waals surface area contributed by atoms with E-state index in [-0.39, 0.29) is 0 Å². The Morgan fingerprint density at radius 2 is 0.915 bits per heavy atom. The van der Waals surface area contributed by atoms with Gasteiger partial charge in [0, 0.05) is 32.8 Å². The Kier molecular flexibility index (Phi) is 6.46. The molecule has 2 aromatic heterocycles. The molecule has 0 bridgehead atoms. The van der Waals surface area contributed by atoms with E-state index in [2.05, 4.69) is 133 Å². The van der Waals surface area contributed by atoms with Crippen LogP contribution in [0.1, 0.15) is 0 Å². The zero-order valence-electron chi connectivity index (χ0n) is 25.5. The van der Waals surface area contributed by atoms with Gasteiger partial charge in [-0.15, -0.1) is 0 Å². The summed E-state index contributed by atoms with van der Waals surface area (Å²) in [7, 11) is 0. The molecular formula is C44H28N2O. The summed E-state index contributed by atoms with van der Waals surface area (Å²) in [5.74, 6) is 0.707. The van der Waals surface area contributed by atoms with Gasteiger partial charge in [-0.2, -0.15) is 0 Å². The zero-order valence-corrected chi connectivity index (χ0v) is 25.5. The SMILES string of the molecule is c1ccc(-c2cc(-c3cccc(-c4ccc5c(c4)oc4c6ccccc6c(-c6ccccc6)cc54)c3)nc(-c3ccccc3)n2)cc1. The smallest absolute Gasteiger partial charge is 0.160 e. The molecule has 0 spiro atoms. The van der Waals surface area contributed by atoms with Gasteiger partial charge in [0.25, 0.3) is 0 Å². The Hall–Kier alpha value is -6.32. The Bertz CT molecular complexity index is 2500. The van der Waals surface area contributed by atoms with Crippen molar-refractivity contribution < 1.29 is 4.42 Å². The van der Waals surface area contributed by atoms with E-state index >= 15 is 0 Å². The molecule has 0 radical (unpaired) electrons. The molecule has 9 aromatic rings. The van der Waals surface area contributed by atoms with Crippen molar-refractivity contribution in [3.8, 4) is 56.2 Å². The number of benzene rings is 7. The van der Waals surface area contributed by atoms with Gasteiger partial charge in [-0.25, -0.2) is 9.97 Å². The average molecular weight is 601 g/mol. The highest BCUT2D eigenvalue weighted by Crippen LogP contribution is 2.41. The fraction of sp³-hybridized carbons (Fsp3) is 0. The van der Waals surface area contributed by atoms with Crippen LogP contribution in [0.3, 0.4) is 0 Å². The maximum Gasteiger partial charge on any atom is 0.160 e. The maximum absolute atomic E-state index is 6.64. The Morgan fingerprint density at radius 3 is 1.66 bits per heavy atom. The molecule has 0 atom stereocenters. The molecule has 3 nitrogen and oxygen atoms in total. The molecule has 0 fully saturated rings. The van der Waals surface area contributed by atoms with Crippen LogP contribution < -0.4 is 0 Å². The summed E-state index contributed by atoms with van der Waals surface area (Å²) < 4.78 is 6.64. The highest BCUT2D eigenvalue weighted by Gasteiger charge is 2.16. The standard InChI is InChI=1S/C44H28N2O/c1-4-13-29(14-5-1)38-27-39-36-24-23-33(26-42(36)47-43(39)37-22-11-10-21-35(37)38)32-19-12-20-34(25-32)41-28-40(30-15-6-2-7-16-30)45-44(46-41)31-17-8-3-9-18-31/h1-28H. The third-order valence-electron chi connectivity index (χ3n) is 8.88. The van der Waals surface area contributed by atoms with Crippen LogP contribution in [0.5, 0.6) is 0 Å². The number of furan rings is 1. The van der Waals surface area contributed by atoms with Gasteiger partial charge >= 0.3 is 0 Å². The summed E-state index contributed by atoms with van der Waals surface area (Å²) in [5, 5.41) is 4.54. The van der Waals surface area contributed by atoms with E-state index in [0.29, 0.717) is 5.82 Å². The van der Waals surface area contributed by atoms with Crippen molar-refractivity contribution in [2.75, 3.05) is 0 Å². The Labute approximate surface area is 272 Å². The minimum Gasteiger partial charge on any atom is -0.455 e. The van der Waals surface area contributed by atoms with Crippen molar-refractivity contribution in [2.45, 2.75) is 0 Å². The van der Waals surface area contributed by atoms with Crippen LogP contribution >= 0.6 is 0 Å². The molecule has 0 saturated heterocycles. The fourth-order valence-corrected chi connectivity index (χ4v) is 6.56. The van der Waals surface area contributed by atoms with Gasteiger partial charge in [-0.1, -0.05) is 140 Å². The van der Waals surface area contributed by atoms with Crippen LogP contribution in [0.15, 0.2) is 174 Å². The van der Waals surface area contributed by atoms with Gasteiger partial charge in [0.2, 0.25) is 0 Å². The second-order valence-electron chi connectivity index (χ2n) is 11.8. The second-order valence-corrected chi connectivity index (χ2v) is 11.8. The quantitative estimate of drug-likeness (QED) is 0.197. The molecule has 0 saturated carbocycles. The first-order chi connectivity index (χ1) is 23.3. The predicted octanol–water partition coefficient (Wildman–Crippen LogP) is 11.9. The predicted molar refractivity (Wildman–Crippen MR) is 194 cm³/mol. The third-order valence-corrected chi connectivity index (χ3v) is 8.88. The zero-order chi connectivity index (χ0) is 31.2. The average Bonchev–Trinajstić information content (AvgIpc) is 3.53. The molecule has 7 aromatic carbocycles. The highest BCUT2D eigenvalue weighted by molar-refractivity contribution is 6.19. The van der Waals surface area contributed by atoms with Crippen LogP contribution in [0.2, 0.25) is 0 Å². The summed E-state index contributed by atoms with van der Waals surface area (Å²) in [6.45, 7) is 0. The molecule has 0 amide bonds. The Morgan fingerprint density at radius 1 is 0.340 bits per heavy atom. The van der Waals surface area contributed by atoms with Crippen molar-refractivity contribution in [3.63, 3.8) is 0 Å². The van der Waals surface area contributed by atoms with Crippen molar-refractivity contribution in [3.05, 3.63) is 170 Å². The lowest BCUT2D eigenvalue weighted by Gasteiger charge is -2.10. The molecule has 0 N–H and O–H groups in total. The number of aromatic nitrogens is 2. The van der Waals surface area contributed by atoms with E-state index in [1.165, 1.54) is 16.5 Å². The van der Waals surface area contributed by atoms with Gasteiger partial charge in [0.05, 0.1) is 11.4 Å². The summed E-state index contributed by atoms with van der Waals surface area (Å²) in [6, 6.07) is 59.0. The monoisotopic (exact) mass is 600 g/mol. The van der Waals surface area contributed by atoms with Crippen LogP contribution in [0.25, 0.3) is 88.9 Å². The molecule has 9 rings (SSSR count). The number of hydrogen-bond acceptors (Lipinski definition) is 3. The normalized spacial score (nSPS) is 11.4. The highest BCUT2D eigenvalue weighted by atomic mass is 16.3. The van der Waals surface area contributed by atoms with Crippen molar-refractivity contribution in [1.29, 1.82) is 0 Å². The number of fused-ring (bicyclic) bond motifs is 5. The van der Waals surface area contributed by atoms with Crippen LogP contribution in [0.4, 0.5) is 0 Å². The van der Waals surface area contributed by atoms with E-state index < -0.39 is 0 Å². The minimum absolute atomic E-state index is 0.707. The first-order valence-corrected chi connectivity index (χ1v) is 15.8. The molecule has 220 valence electrons. The lowest BCUT2D eigenvalue weighted by atomic mass is 9.95. The molecule has 0 aliphatic carbocycles. The lowest BCUT2D eigenvalue weighted by molar-refractivity contribution is 0.673. The van der Waals surface area contributed by atoms with E-state index in [0.717, 1.165) is 66.5 Å². The Balaban J connectivity index is 1.17. The molecular weight excluding hydrogens is 572 g/mol. The first kappa shape index (κ1) is 27.0.